The van der Waals surface area contributed by atoms with E-state index in [2.05, 4.69) is 10.3 Å². The second-order valence-electron chi connectivity index (χ2n) is 4.70. The molecule has 0 unspecified atom stereocenters. The Morgan fingerprint density at radius 2 is 2.00 bits per heavy atom. The second-order valence-corrected chi connectivity index (χ2v) is 4.70. The lowest BCUT2D eigenvalue weighted by atomic mass is 10.1. The van der Waals surface area contributed by atoms with Gasteiger partial charge in [-0.1, -0.05) is 0 Å². The zero-order chi connectivity index (χ0) is 14.1. The molecule has 2 aromatic carbocycles. The van der Waals surface area contributed by atoms with Crippen LogP contribution in [0.25, 0.3) is 10.9 Å². The monoisotopic (exact) mass is 268 g/mol. The first kappa shape index (κ1) is 12.4. The van der Waals surface area contributed by atoms with Crippen LogP contribution in [0.4, 0.5) is 10.1 Å². The number of hydrogen-bond acceptors (Lipinski definition) is 1. The van der Waals surface area contributed by atoms with Crippen LogP contribution in [0.2, 0.25) is 0 Å². The molecule has 0 spiro atoms. The van der Waals surface area contributed by atoms with Gasteiger partial charge in [0.05, 0.1) is 0 Å². The summed E-state index contributed by atoms with van der Waals surface area (Å²) in [5.74, 6) is -0.557. The lowest BCUT2D eigenvalue weighted by molar-refractivity contribution is 0.102. The van der Waals surface area contributed by atoms with Gasteiger partial charge >= 0.3 is 0 Å². The maximum atomic E-state index is 13.2. The summed E-state index contributed by atoms with van der Waals surface area (Å²) in [4.78, 5) is 15.2. The largest absolute Gasteiger partial charge is 0.361 e. The lowest BCUT2D eigenvalue weighted by Crippen LogP contribution is -2.12. The molecule has 1 heterocycles. The van der Waals surface area contributed by atoms with Crippen molar-refractivity contribution in [2.45, 2.75) is 6.92 Å². The molecule has 4 heteroatoms. The number of anilines is 1. The van der Waals surface area contributed by atoms with Crippen LogP contribution in [-0.4, -0.2) is 10.9 Å². The van der Waals surface area contributed by atoms with E-state index >= 15 is 0 Å². The quantitative estimate of drug-likeness (QED) is 0.728. The van der Waals surface area contributed by atoms with Crippen LogP contribution >= 0.6 is 0 Å². The minimum atomic E-state index is -0.310. The number of fused-ring (bicyclic) bond motifs is 1. The molecule has 0 aliphatic heterocycles. The van der Waals surface area contributed by atoms with Gasteiger partial charge in [-0.2, -0.15) is 0 Å². The van der Waals surface area contributed by atoms with E-state index in [1.54, 1.807) is 13.0 Å². The third kappa shape index (κ3) is 2.28. The third-order valence-electron chi connectivity index (χ3n) is 3.23. The van der Waals surface area contributed by atoms with Gasteiger partial charge in [0.25, 0.3) is 5.91 Å². The maximum Gasteiger partial charge on any atom is 0.255 e. The minimum absolute atomic E-state index is 0.247. The minimum Gasteiger partial charge on any atom is -0.361 e. The van der Waals surface area contributed by atoms with Crippen LogP contribution in [0.5, 0.6) is 0 Å². The maximum absolute atomic E-state index is 13.2. The summed E-state index contributed by atoms with van der Waals surface area (Å²) < 4.78 is 13.2. The summed E-state index contributed by atoms with van der Waals surface area (Å²) in [5.41, 5.74) is 2.63. The smallest absolute Gasteiger partial charge is 0.255 e. The van der Waals surface area contributed by atoms with Gasteiger partial charge in [-0.3, -0.25) is 4.79 Å². The van der Waals surface area contributed by atoms with E-state index in [0.29, 0.717) is 16.8 Å². The predicted octanol–water partition coefficient (Wildman–Crippen LogP) is 3.87. The molecular formula is C16H13FN2O. The molecule has 0 fully saturated rings. The van der Waals surface area contributed by atoms with Gasteiger partial charge in [-0.05, 0) is 55.0 Å². The molecular weight excluding hydrogens is 255 g/mol. The molecule has 1 aromatic heterocycles. The Hall–Kier alpha value is -2.62. The Bertz CT molecular complexity index is 792. The van der Waals surface area contributed by atoms with E-state index in [4.69, 9.17) is 0 Å². The standard InChI is InChI=1S/C16H13FN2O/c1-10-8-12(2-4-14(10)17)16(20)19-13-3-5-15-11(9-13)6-7-18-15/h2-9,18H,1H3,(H,19,20). The molecule has 2 N–H and O–H groups in total. The third-order valence-corrected chi connectivity index (χ3v) is 3.23. The number of rotatable bonds is 2. The molecule has 0 aliphatic rings. The van der Waals surface area contributed by atoms with Crippen LogP contribution in [0.3, 0.4) is 0 Å². The Balaban J connectivity index is 1.85. The van der Waals surface area contributed by atoms with Gasteiger partial charge in [0, 0.05) is 28.4 Å². The average molecular weight is 268 g/mol. The van der Waals surface area contributed by atoms with Gasteiger partial charge in [-0.25, -0.2) is 4.39 Å². The van der Waals surface area contributed by atoms with Crippen molar-refractivity contribution in [3.63, 3.8) is 0 Å². The topological polar surface area (TPSA) is 44.9 Å². The molecule has 3 aromatic rings. The van der Waals surface area contributed by atoms with Crippen molar-refractivity contribution in [1.82, 2.24) is 4.98 Å². The summed E-state index contributed by atoms with van der Waals surface area (Å²) in [6.45, 7) is 1.64. The number of amides is 1. The second kappa shape index (κ2) is 4.81. The van der Waals surface area contributed by atoms with Crippen LogP contribution in [0.1, 0.15) is 15.9 Å². The van der Waals surface area contributed by atoms with Gasteiger partial charge in [0.15, 0.2) is 0 Å². The lowest BCUT2D eigenvalue weighted by Gasteiger charge is -2.06. The summed E-state index contributed by atoms with van der Waals surface area (Å²) in [5, 5.41) is 3.84. The molecule has 0 aliphatic carbocycles. The van der Waals surface area contributed by atoms with Crippen molar-refractivity contribution < 1.29 is 9.18 Å². The Kier molecular flexibility index (Phi) is 2.99. The number of aromatic amines is 1. The fourth-order valence-corrected chi connectivity index (χ4v) is 2.12. The highest BCUT2D eigenvalue weighted by Crippen LogP contribution is 2.19. The summed E-state index contributed by atoms with van der Waals surface area (Å²) >= 11 is 0. The first-order valence-electron chi connectivity index (χ1n) is 6.28. The van der Waals surface area contributed by atoms with E-state index in [9.17, 15) is 9.18 Å². The van der Waals surface area contributed by atoms with Crippen molar-refractivity contribution in [3.05, 3.63) is 65.6 Å². The highest BCUT2D eigenvalue weighted by molar-refractivity contribution is 6.05. The van der Waals surface area contributed by atoms with Crippen molar-refractivity contribution in [2.75, 3.05) is 5.32 Å². The number of carbonyl (C=O) groups excluding carboxylic acids is 1. The summed E-state index contributed by atoms with van der Waals surface area (Å²) in [6, 6.07) is 11.9. The highest BCUT2D eigenvalue weighted by Gasteiger charge is 2.08. The number of nitrogens with one attached hydrogen (secondary N) is 2. The molecule has 0 saturated carbocycles. The zero-order valence-electron chi connectivity index (χ0n) is 10.9. The SMILES string of the molecule is Cc1cc(C(=O)Nc2ccc3[nH]ccc3c2)ccc1F. The van der Waals surface area contributed by atoms with Crippen molar-refractivity contribution in [3.8, 4) is 0 Å². The van der Waals surface area contributed by atoms with E-state index < -0.39 is 0 Å². The molecule has 3 rings (SSSR count). The number of aromatic nitrogens is 1. The van der Waals surface area contributed by atoms with Crippen molar-refractivity contribution >= 4 is 22.5 Å². The Morgan fingerprint density at radius 1 is 1.15 bits per heavy atom. The molecule has 0 bridgehead atoms. The van der Waals surface area contributed by atoms with Gasteiger partial charge in [0.1, 0.15) is 5.82 Å². The number of H-pyrrole nitrogens is 1. The van der Waals surface area contributed by atoms with Crippen LogP contribution in [0.15, 0.2) is 48.7 Å². The van der Waals surface area contributed by atoms with Crippen molar-refractivity contribution in [1.29, 1.82) is 0 Å². The first-order valence-corrected chi connectivity index (χ1v) is 6.28. The molecule has 0 atom stereocenters. The van der Waals surface area contributed by atoms with Crippen LogP contribution in [0, 0.1) is 12.7 Å². The molecule has 1 amide bonds. The van der Waals surface area contributed by atoms with E-state index in [-0.39, 0.29) is 11.7 Å². The molecule has 0 radical (unpaired) electrons. The van der Waals surface area contributed by atoms with Crippen LogP contribution in [-0.2, 0) is 0 Å². The van der Waals surface area contributed by atoms with Gasteiger partial charge in [-0.15, -0.1) is 0 Å². The van der Waals surface area contributed by atoms with Crippen molar-refractivity contribution in [2.24, 2.45) is 0 Å². The molecule has 100 valence electrons. The zero-order valence-corrected chi connectivity index (χ0v) is 10.9. The molecule has 20 heavy (non-hydrogen) atoms. The van der Waals surface area contributed by atoms with E-state index in [0.717, 1.165) is 10.9 Å². The normalized spacial score (nSPS) is 10.7. The molecule has 0 saturated heterocycles. The highest BCUT2D eigenvalue weighted by atomic mass is 19.1. The summed E-state index contributed by atoms with van der Waals surface area (Å²) in [6.07, 6.45) is 1.85. The average Bonchev–Trinajstić information content (AvgIpc) is 2.89. The fraction of sp³-hybridized carbons (Fsp3) is 0.0625. The van der Waals surface area contributed by atoms with Crippen LogP contribution < -0.4 is 5.32 Å². The predicted molar refractivity (Wildman–Crippen MR) is 77.4 cm³/mol. The van der Waals surface area contributed by atoms with Gasteiger partial charge < -0.3 is 10.3 Å². The number of halogens is 1. The molecule has 3 nitrogen and oxygen atoms in total. The Labute approximate surface area is 115 Å². The number of carbonyl (C=O) groups is 1. The first-order chi connectivity index (χ1) is 9.63. The van der Waals surface area contributed by atoms with Gasteiger partial charge in [0.2, 0.25) is 0 Å². The van der Waals surface area contributed by atoms with E-state index in [1.807, 2.05) is 30.5 Å². The Morgan fingerprint density at radius 3 is 2.80 bits per heavy atom. The fourth-order valence-electron chi connectivity index (χ4n) is 2.12. The number of benzene rings is 2. The summed E-state index contributed by atoms with van der Waals surface area (Å²) in [7, 11) is 0. The van der Waals surface area contributed by atoms with E-state index in [1.165, 1.54) is 12.1 Å². The number of hydrogen-bond donors (Lipinski definition) is 2. The number of aryl methyl sites for hydroxylation is 1.